The Bertz CT molecular complexity index is 572. The third-order valence-electron chi connectivity index (χ3n) is 4.01. The highest BCUT2D eigenvalue weighted by Gasteiger charge is 2.11. The van der Waals surface area contributed by atoms with Crippen LogP contribution in [0.25, 0.3) is 10.9 Å². The maximum absolute atomic E-state index is 5.16. The molecule has 3 nitrogen and oxygen atoms in total. The third kappa shape index (κ3) is 3.05. The van der Waals surface area contributed by atoms with E-state index in [-0.39, 0.29) is 0 Å². The molecule has 0 amide bonds. The van der Waals surface area contributed by atoms with Crippen molar-refractivity contribution >= 4 is 10.9 Å². The fraction of sp³-hybridized carbons (Fsp3) is 0.529. The van der Waals surface area contributed by atoms with E-state index in [0.717, 1.165) is 32.7 Å². The highest BCUT2D eigenvalue weighted by atomic mass is 16.5. The van der Waals surface area contributed by atoms with Gasteiger partial charge in [0.2, 0.25) is 0 Å². The molecule has 0 aliphatic heterocycles. The predicted molar refractivity (Wildman–Crippen MR) is 85.3 cm³/mol. The Labute approximate surface area is 121 Å². The molecule has 1 aromatic carbocycles. The van der Waals surface area contributed by atoms with Crippen molar-refractivity contribution in [2.45, 2.75) is 40.3 Å². The Hall–Kier alpha value is -1.32. The SMILES string of the molecule is CCNCc1ccc2c(c1)c(C)c(C)n2CCCOC. The quantitative estimate of drug-likeness (QED) is 0.783. The summed E-state index contributed by atoms with van der Waals surface area (Å²) in [7, 11) is 1.76. The van der Waals surface area contributed by atoms with E-state index in [2.05, 4.69) is 48.9 Å². The van der Waals surface area contributed by atoms with Gasteiger partial charge in [-0.2, -0.15) is 0 Å². The molecule has 2 aromatic rings. The molecule has 3 heteroatoms. The Balaban J connectivity index is 2.32. The zero-order chi connectivity index (χ0) is 14.5. The van der Waals surface area contributed by atoms with Gasteiger partial charge in [-0.05, 0) is 50.1 Å². The molecule has 0 aliphatic rings. The van der Waals surface area contributed by atoms with E-state index in [1.807, 2.05) is 0 Å². The summed E-state index contributed by atoms with van der Waals surface area (Å²) < 4.78 is 7.58. The van der Waals surface area contributed by atoms with E-state index in [4.69, 9.17) is 4.74 Å². The molecule has 0 saturated carbocycles. The second-order valence-electron chi connectivity index (χ2n) is 5.34. The van der Waals surface area contributed by atoms with Crippen molar-refractivity contribution in [3.8, 4) is 0 Å². The average molecular weight is 274 g/mol. The van der Waals surface area contributed by atoms with Crippen molar-refractivity contribution in [2.75, 3.05) is 20.3 Å². The van der Waals surface area contributed by atoms with Crippen LogP contribution in [0.2, 0.25) is 0 Å². The van der Waals surface area contributed by atoms with Crippen LogP contribution in [0.4, 0.5) is 0 Å². The first kappa shape index (κ1) is 15.1. The molecule has 0 spiro atoms. The molecular weight excluding hydrogens is 248 g/mol. The summed E-state index contributed by atoms with van der Waals surface area (Å²) in [5.74, 6) is 0. The van der Waals surface area contributed by atoms with Crippen molar-refractivity contribution in [3.63, 3.8) is 0 Å². The van der Waals surface area contributed by atoms with Crippen LogP contribution >= 0.6 is 0 Å². The van der Waals surface area contributed by atoms with Crippen molar-refractivity contribution in [1.82, 2.24) is 9.88 Å². The minimum absolute atomic E-state index is 0.816. The van der Waals surface area contributed by atoms with Gasteiger partial charge in [0.05, 0.1) is 0 Å². The van der Waals surface area contributed by atoms with Crippen molar-refractivity contribution in [3.05, 3.63) is 35.0 Å². The molecule has 0 fully saturated rings. The zero-order valence-electron chi connectivity index (χ0n) is 13.1. The molecule has 0 atom stereocenters. The Morgan fingerprint density at radius 1 is 1.25 bits per heavy atom. The van der Waals surface area contributed by atoms with Crippen molar-refractivity contribution in [1.29, 1.82) is 0 Å². The lowest BCUT2D eigenvalue weighted by Gasteiger charge is -2.08. The summed E-state index contributed by atoms with van der Waals surface area (Å²) in [6, 6.07) is 6.82. The van der Waals surface area contributed by atoms with E-state index in [1.165, 1.54) is 27.7 Å². The Kier molecular flexibility index (Phi) is 5.21. The molecule has 0 aliphatic carbocycles. The number of ether oxygens (including phenoxy) is 1. The molecule has 0 saturated heterocycles. The number of aromatic nitrogens is 1. The van der Waals surface area contributed by atoms with Gasteiger partial charge in [-0.15, -0.1) is 0 Å². The topological polar surface area (TPSA) is 26.2 Å². The smallest absolute Gasteiger partial charge is 0.0485 e. The molecule has 1 aromatic heterocycles. The minimum atomic E-state index is 0.816. The van der Waals surface area contributed by atoms with Crippen LogP contribution in [0.3, 0.4) is 0 Å². The lowest BCUT2D eigenvalue weighted by atomic mass is 10.1. The third-order valence-corrected chi connectivity index (χ3v) is 4.01. The van der Waals surface area contributed by atoms with E-state index in [0.29, 0.717) is 0 Å². The second-order valence-corrected chi connectivity index (χ2v) is 5.34. The van der Waals surface area contributed by atoms with E-state index < -0.39 is 0 Å². The van der Waals surface area contributed by atoms with Crippen molar-refractivity contribution < 1.29 is 4.74 Å². The van der Waals surface area contributed by atoms with Gasteiger partial charge in [0.25, 0.3) is 0 Å². The highest BCUT2D eigenvalue weighted by molar-refractivity contribution is 5.86. The maximum Gasteiger partial charge on any atom is 0.0485 e. The number of fused-ring (bicyclic) bond motifs is 1. The van der Waals surface area contributed by atoms with Crippen LogP contribution in [0.1, 0.15) is 30.2 Å². The molecule has 110 valence electrons. The van der Waals surface area contributed by atoms with Gasteiger partial charge in [-0.25, -0.2) is 0 Å². The Morgan fingerprint density at radius 3 is 2.75 bits per heavy atom. The lowest BCUT2D eigenvalue weighted by molar-refractivity contribution is 0.190. The summed E-state index contributed by atoms with van der Waals surface area (Å²) >= 11 is 0. The van der Waals surface area contributed by atoms with Gasteiger partial charge in [0, 0.05) is 43.4 Å². The summed E-state index contributed by atoms with van der Waals surface area (Å²) in [6.07, 6.45) is 1.06. The second kappa shape index (κ2) is 6.91. The number of aryl methyl sites for hydroxylation is 2. The van der Waals surface area contributed by atoms with Gasteiger partial charge < -0.3 is 14.6 Å². The normalized spacial score (nSPS) is 11.4. The van der Waals surface area contributed by atoms with Gasteiger partial charge in [-0.1, -0.05) is 13.0 Å². The maximum atomic E-state index is 5.16. The summed E-state index contributed by atoms with van der Waals surface area (Å²) in [6.45, 7) is 10.4. The van der Waals surface area contributed by atoms with Gasteiger partial charge in [0.1, 0.15) is 0 Å². The molecule has 0 unspecified atom stereocenters. The molecular formula is C17H26N2O. The first-order valence-electron chi connectivity index (χ1n) is 7.47. The molecule has 0 bridgehead atoms. The van der Waals surface area contributed by atoms with Crippen LogP contribution in [-0.4, -0.2) is 24.8 Å². The number of methoxy groups -OCH3 is 1. The highest BCUT2D eigenvalue weighted by Crippen LogP contribution is 2.26. The standard InChI is InChI=1S/C17H26N2O/c1-5-18-12-15-7-8-17-16(11-15)13(2)14(3)19(17)9-6-10-20-4/h7-8,11,18H,5-6,9-10,12H2,1-4H3. The molecule has 2 rings (SSSR count). The monoisotopic (exact) mass is 274 g/mol. The van der Waals surface area contributed by atoms with Crippen LogP contribution in [0.5, 0.6) is 0 Å². The lowest BCUT2D eigenvalue weighted by Crippen LogP contribution is -2.11. The molecule has 0 radical (unpaired) electrons. The number of rotatable bonds is 7. The molecule has 1 N–H and O–H groups in total. The minimum Gasteiger partial charge on any atom is -0.385 e. The van der Waals surface area contributed by atoms with Gasteiger partial charge in [-0.3, -0.25) is 0 Å². The first-order valence-corrected chi connectivity index (χ1v) is 7.47. The number of hydrogen-bond acceptors (Lipinski definition) is 2. The summed E-state index contributed by atoms with van der Waals surface area (Å²) in [4.78, 5) is 0. The predicted octanol–water partition coefficient (Wildman–Crippen LogP) is 3.40. The zero-order valence-corrected chi connectivity index (χ0v) is 13.1. The van der Waals surface area contributed by atoms with Crippen LogP contribution in [0, 0.1) is 13.8 Å². The number of nitrogens with zero attached hydrogens (tertiary/aromatic N) is 1. The summed E-state index contributed by atoms with van der Waals surface area (Å²) in [5, 5.41) is 4.77. The van der Waals surface area contributed by atoms with Crippen molar-refractivity contribution in [2.24, 2.45) is 0 Å². The number of hydrogen-bond donors (Lipinski definition) is 1. The van der Waals surface area contributed by atoms with E-state index >= 15 is 0 Å². The fourth-order valence-electron chi connectivity index (χ4n) is 2.73. The van der Waals surface area contributed by atoms with Crippen LogP contribution in [-0.2, 0) is 17.8 Å². The largest absolute Gasteiger partial charge is 0.385 e. The first-order chi connectivity index (χ1) is 9.69. The van der Waals surface area contributed by atoms with Crippen LogP contribution < -0.4 is 5.32 Å². The number of nitrogens with one attached hydrogen (secondary N) is 1. The van der Waals surface area contributed by atoms with Gasteiger partial charge >= 0.3 is 0 Å². The summed E-state index contributed by atoms with van der Waals surface area (Å²) in [5.41, 5.74) is 5.47. The Morgan fingerprint density at radius 2 is 2.05 bits per heavy atom. The van der Waals surface area contributed by atoms with Crippen LogP contribution in [0.15, 0.2) is 18.2 Å². The van der Waals surface area contributed by atoms with E-state index in [1.54, 1.807) is 7.11 Å². The molecule has 20 heavy (non-hydrogen) atoms. The number of benzene rings is 1. The fourth-order valence-corrected chi connectivity index (χ4v) is 2.73. The van der Waals surface area contributed by atoms with E-state index in [9.17, 15) is 0 Å². The van der Waals surface area contributed by atoms with Gasteiger partial charge in [0.15, 0.2) is 0 Å². The molecule has 1 heterocycles. The average Bonchev–Trinajstić information content (AvgIpc) is 2.70.